The van der Waals surface area contributed by atoms with Crippen LogP contribution in [0, 0.1) is 5.92 Å². The fourth-order valence-corrected chi connectivity index (χ4v) is 4.46. The van der Waals surface area contributed by atoms with Gasteiger partial charge in [0.05, 0.1) is 16.0 Å². The normalized spacial score (nSPS) is 20.0. The third-order valence-electron chi connectivity index (χ3n) is 3.14. The summed E-state index contributed by atoms with van der Waals surface area (Å²) in [5.74, 6) is 0.203. The Bertz CT molecular complexity index is 589. The van der Waals surface area contributed by atoms with Gasteiger partial charge in [-0.2, -0.15) is 0 Å². The summed E-state index contributed by atoms with van der Waals surface area (Å²) in [6.07, 6.45) is 1.92. The summed E-state index contributed by atoms with van der Waals surface area (Å²) in [6.45, 7) is 1.68. The first kappa shape index (κ1) is 16.0. The highest BCUT2D eigenvalue weighted by Crippen LogP contribution is 2.31. The lowest BCUT2D eigenvalue weighted by Crippen LogP contribution is -2.33. The number of hydrogen-bond donors (Lipinski definition) is 2. The molecule has 20 heavy (non-hydrogen) atoms. The number of sulfonamides is 1. The third-order valence-corrected chi connectivity index (χ3v) is 5.95. The van der Waals surface area contributed by atoms with Crippen molar-refractivity contribution in [1.82, 2.24) is 4.72 Å². The molecule has 1 saturated heterocycles. The van der Waals surface area contributed by atoms with Gasteiger partial charge in [-0.25, -0.2) is 13.1 Å². The minimum Gasteiger partial charge on any atom is -0.398 e. The zero-order chi connectivity index (χ0) is 14.8. The monoisotopic (exact) mass is 382 g/mol. The topological polar surface area (TPSA) is 81.4 Å². The van der Waals surface area contributed by atoms with Gasteiger partial charge in [-0.15, -0.1) is 0 Å². The summed E-state index contributed by atoms with van der Waals surface area (Å²) in [7, 11) is -3.65. The van der Waals surface area contributed by atoms with Crippen LogP contribution in [-0.2, 0) is 14.8 Å². The molecule has 112 valence electrons. The van der Waals surface area contributed by atoms with Crippen LogP contribution in [0.2, 0.25) is 5.02 Å². The lowest BCUT2D eigenvalue weighted by atomic mass is 10.0. The average molecular weight is 384 g/mol. The summed E-state index contributed by atoms with van der Waals surface area (Å²) in [5, 5.41) is 0.284. The molecule has 1 fully saturated rings. The maximum absolute atomic E-state index is 12.3. The number of hydrogen-bond acceptors (Lipinski definition) is 4. The van der Waals surface area contributed by atoms with Gasteiger partial charge in [0, 0.05) is 23.9 Å². The van der Waals surface area contributed by atoms with Gasteiger partial charge < -0.3 is 10.5 Å². The van der Waals surface area contributed by atoms with Gasteiger partial charge in [-0.05, 0) is 46.8 Å². The first-order valence-corrected chi connectivity index (χ1v) is 8.87. The summed E-state index contributed by atoms with van der Waals surface area (Å²) >= 11 is 9.05. The molecular weight excluding hydrogens is 368 g/mol. The molecule has 2 rings (SSSR count). The number of nitrogen functional groups attached to an aromatic ring is 1. The second-order valence-electron chi connectivity index (χ2n) is 4.74. The fraction of sp³-hybridized carbons (Fsp3) is 0.500. The Morgan fingerprint density at radius 2 is 2.25 bits per heavy atom. The van der Waals surface area contributed by atoms with E-state index in [1.807, 2.05) is 0 Å². The number of halogens is 2. The molecule has 1 unspecified atom stereocenters. The van der Waals surface area contributed by atoms with E-state index in [1.54, 1.807) is 0 Å². The van der Waals surface area contributed by atoms with Gasteiger partial charge in [0.25, 0.3) is 0 Å². The molecule has 0 saturated carbocycles. The van der Waals surface area contributed by atoms with Crippen molar-refractivity contribution in [2.24, 2.45) is 5.92 Å². The minimum absolute atomic E-state index is 0.0548. The quantitative estimate of drug-likeness (QED) is 0.782. The van der Waals surface area contributed by atoms with Gasteiger partial charge in [0.15, 0.2) is 0 Å². The summed E-state index contributed by atoms with van der Waals surface area (Å²) < 4.78 is 32.9. The number of nitrogens with two attached hydrogens (primary N) is 1. The molecule has 1 atom stereocenters. The van der Waals surface area contributed by atoms with Crippen LogP contribution < -0.4 is 10.5 Å². The molecule has 8 heteroatoms. The number of nitrogens with one attached hydrogen (secondary N) is 1. The van der Waals surface area contributed by atoms with Crippen LogP contribution in [-0.4, -0.2) is 28.2 Å². The minimum atomic E-state index is -3.65. The molecule has 1 aromatic rings. The average Bonchev–Trinajstić information content (AvgIpc) is 2.42. The second kappa shape index (κ2) is 6.62. The van der Waals surface area contributed by atoms with E-state index in [-0.39, 0.29) is 15.8 Å². The summed E-state index contributed by atoms with van der Waals surface area (Å²) in [6, 6.07) is 2.88. The van der Waals surface area contributed by atoms with Gasteiger partial charge in [0.1, 0.15) is 0 Å². The summed E-state index contributed by atoms with van der Waals surface area (Å²) in [5.41, 5.74) is 6.00. The zero-order valence-corrected chi connectivity index (χ0v) is 13.9. The van der Waals surface area contributed by atoms with Crippen molar-refractivity contribution in [3.8, 4) is 0 Å². The molecule has 1 aromatic carbocycles. The standard InChI is InChI=1S/C12H16BrClN2O3S/c13-12-10(15)4-9(14)5-11(12)20(17,18)16-6-8-2-1-3-19-7-8/h4-5,8,16H,1-3,6-7,15H2. The number of anilines is 1. The van der Waals surface area contributed by atoms with Crippen LogP contribution in [0.4, 0.5) is 5.69 Å². The van der Waals surface area contributed by atoms with E-state index in [1.165, 1.54) is 12.1 Å². The molecule has 0 spiro atoms. The van der Waals surface area contributed by atoms with Crippen molar-refractivity contribution in [3.63, 3.8) is 0 Å². The van der Waals surface area contributed by atoms with Crippen molar-refractivity contribution < 1.29 is 13.2 Å². The van der Waals surface area contributed by atoms with Crippen LogP contribution in [0.15, 0.2) is 21.5 Å². The Morgan fingerprint density at radius 3 is 2.90 bits per heavy atom. The fourth-order valence-electron chi connectivity index (χ4n) is 2.05. The van der Waals surface area contributed by atoms with Crippen molar-refractivity contribution in [1.29, 1.82) is 0 Å². The van der Waals surface area contributed by atoms with Gasteiger partial charge >= 0.3 is 0 Å². The lowest BCUT2D eigenvalue weighted by molar-refractivity contribution is 0.0568. The third kappa shape index (κ3) is 3.85. The van der Waals surface area contributed by atoms with E-state index in [4.69, 9.17) is 22.1 Å². The molecule has 1 aliphatic heterocycles. The highest BCUT2D eigenvalue weighted by atomic mass is 79.9. The van der Waals surface area contributed by atoms with Gasteiger partial charge in [-0.3, -0.25) is 0 Å². The predicted molar refractivity (Wildman–Crippen MR) is 82.3 cm³/mol. The smallest absolute Gasteiger partial charge is 0.241 e. The predicted octanol–water partition coefficient (Wildman–Crippen LogP) is 2.39. The molecule has 0 aliphatic carbocycles. The SMILES string of the molecule is Nc1cc(Cl)cc(S(=O)(=O)NCC2CCCOC2)c1Br. The number of ether oxygens (including phenoxy) is 1. The lowest BCUT2D eigenvalue weighted by Gasteiger charge is -2.22. The van der Waals surface area contributed by atoms with Crippen LogP contribution in [0.5, 0.6) is 0 Å². The van der Waals surface area contributed by atoms with E-state index >= 15 is 0 Å². The van der Waals surface area contributed by atoms with Gasteiger partial charge in [0.2, 0.25) is 10.0 Å². The highest BCUT2D eigenvalue weighted by Gasteiger charge is 2.22. The molecule has 0 aromatic heterocycles. The van der Waals surface area contributed by atoms with E-state index in [0.717, 1.165) is 19.4 Å². The van der Waals surface area contributed by atoms with Crippen molar-refractivity contribution >= 4 is 43.2 Å². The van der Waals surface area contributed by atoms with Crippen LogP contribution in [0.25, 0.3) is 0 Å². The first-order valence-electron chi connectivity index (χ1n) is 6.22. The zero-order valence-electron chi connectivity index (χ0n) is 10.7. The molecule has 3 N–H and O–H groups in total. The Hall–Kier alpha value is -0.340. The second-order valence-corrected chi connectivity index (χ2v) is 7.71. The van der Waals surface area contributed by atoms with E-state index < -0.39 is 10.0 Å². The van der Waals surface area contributed by atoms with Crippen LogP contribution in [0.3, 0.4) is 0 Å². The van der Waals surface area contributed by atoms with E-state index in [2.05, 4.69) is 20.7 Å². The molecule has 1 aliphatic rings. The maximum atomic E-state index is 12.3. The maximum Gasteiger partial charge on any atom is 0.241 e. The van der Waals surface area contributed by atoms with Crippen molar-refractivity contribution in [2.45, 2.75) is 17.7 Å². The number of benzene rings is 1. The molecule has 5 nitrogen and oxygen atoms in total. The Labute approximate surface area is 132 Å². The Morgan fingerprint density at radius 1 is 1.50 bits per heavy atom. The molecule has 0 amide bonds. The van der Waals surface area contributed by atoms with Crippen LogP contribution in [0.1, 0.15) is 12.8 Å². The van der Waals surface area contributed by atoms with Crippen molar-refractivity contribution in [3.05, 3.63) is 21.6 Å². The van der Waals surface area contributed by atoms with Crippen LogP contribution >= 0.6 is 27.5 Å². The Balaban J connectivity index is 2.14. The number of rotatable bonds is 4. The van der Waals surface area contributed by atoms with E-state index in [9.17, 15) is 8.42 Å². The largest absolute Gasteiger partial charge is 0.398 e. The molecule has 0 bridgehead atoms. The highest BCUT2D eigenvalue weighted by molar-refractivity contribution is 9.10. The van der Waals surface area contributed by atoms with Gasteiger partial charge in [-0.1, -0.05) is 11.6 Å². The van der Waals surface area contributed by atoms with Crippen molar-refractivity contribution in [2.75, 3.05) is 25.5 Å². The van der Waals surface area contributed by atoms with E-state index in [0.29, 0.717) is 23.3 Å². The molecule has 0 radical (unpaired) electrons. The first-order chi connectivity index (χ1) is 9.40. The molecular formula is C12H16BrClN2O3S. The molecule has 1 heterocycles. The summed E-state index contributed by atoms with van der Waals surface area (Å²) in [4.78, 5) is 0.0548. The Kier molecular flexibility index (Phi) is 5.30.